The van der Waals surface area contributed by atoms with Crippen LogP contribution < -0.4 is 4.74 Å². The second kappa shape index (κ2) is 7.76. The second-order valence-corrected chi connectivity index (χ2v) is 7.98. The highest BCUT2D eigenvalue weighted by Gasteiger charge is 2.37. The fraction of sp³-hybridized carbons (Fsp3) is 0.167. The molecule has 4 nitrogen and oxygen atoms in total. The van der Waals surface area contributed by atoms with Gasteiger partial charge < -0.3 is 4.74 Å². The van der Waals surface area contributed by atoms with E-state index in [1.54, 1.807) is 11.8 Å². The minimum atomic E-state index is -0.378. The van der Waals surface area contributed by atoms with Gasteiger partial charge in [-0.15, -0.1) is 0 Å². The van der Waals surface area contributed by atoms with E-state index in [2.05, 4.69) is 17.1 Å². The number of carbonyl (C=O) groups is 1. The third-order valence-electron chi connectivity index (χ3n) is 5.21. The summed E-state index contributed by atoms with van der Waals surface area (Å²) in [6.07, 6.45) is 0. The smallest absolute Gasteiger partial charge is 0.240 e. The Balaban J connectivity index is 1.44. The van der Waals surface area contributed by atoms with E-state index in [-0.39, 0.29) is 11.8 Å². The fourth-order valence-electron chi connectivity index (χ4n) is 3.81. The average Bonchev–Trinajstić information content (AvgIpc) is 3.25. The number of hydrogen-bond acceptors (Lipinski definition) is 4. The third kappa shape index (κ3) is 3.42. The molecule has 2 aliphatic heterocycles. The molecule has 3 aromatic carbocycles. The highest BCUT2D eigenvalue weighted by Crippen LogP contribution is 2.45. The predicted molar refractivity (Wildman–Crippen MR) is 117 cm³/mol. The lowest BCUT2D eigenvalue weighted by atomic mass is 9.87. The zero-order valence-electron chi connectivity index (χ0n) is 15.8. The first-order valence-corrected chi connectivity index (χ1v) is 10.7. The van der Waals surface area contributed by atoms with Gasteiger partial charge in [0, 0.05) is 23.4 Å². The number of aliphatic imine (C=N–C) groups is 1. The van der Waals surface area contributed by atoms with Gasteiger partial charge in [0.15, 0.2) is 5.17 Å². The number of ether oxygens (including phenoxy) is 1. The largest absolute Gasteiger partial charge is 0.457 e. The van der Waals surface area contributed by atoms with Crippen LogP contribution in [0.5, 0.6) is 11.5 Å². The molecule has 0 bridgehead atoms. The summed E-state index contributed by atoms with van der Waals surface area (Å²) >= 11 is 1.62. The van der Waals surface area contributed by atoms with E-state index in [9.17, 15) is 4.79 Å². The first-order chi connectivity index (χ1) is 14.3. The molecule has 2 aliphatic rings. The van der Waals surface area contributed by atoms with Gasteiger partial charge in [0.1, 0.15) is 11.5 Å². The molecule has 2 heterocycles. The summed E-state index contributed by atoms with van der Waals surface area (Å²) in [6, 6.07) is 25.9. The van der Waals surface area contributed by atoms with Gasteiger partial charge in [-0.3, -0.25) is 14.7 Å². The Morgan fingerprint density at radius 1 is 0.931 bits per heavy atom. The van der Waals surface area contributed by atoms with Crippen molar-refractivity contribution in [3.63, 3.8) is 0 Å². The Labute approximate surface area is 174 Å². The van der Waals surface area contributed by atoms with Gasteiger partial charge in [-0.2, -0.15) is 0 Å². The lowest BCUT2D eigenvalue weighted by Gasteiger charge is -2.30. The monoisotopic (exact) mass is 400 g/mol. The van der Waals surface area contributed by atoms with Crippen molar-refractivity contribution in [1.29, 1.82) is 0 Å². The van der Waals surface area contributed by atoms with Crippen LogP contribution in [0.3, 0.4) is 0 Å². The maximum absolute atomic E-state index is 13.7. The molecular weight excluding hydrogens is 380 g/mol. The average molecular weight is 401 g/mol. The Hall–Kier alpha value is -3.05. The molecule has 29 heavy (non-hydrogen) atoms. The van der Waals surface area contributed by atoms with Gasteiger partial charge in [0.25, 0.3) is 0 Å². The van der Waals surface area contributed by atoms with E-state index in [0.717, 1.165) is 33.5 Å². The SMILES string of the molecule is O=C(C1c2ccccc2Oc2ccccc21)N1CCN=C1SCc1ccccc1. The van der Waals surface area contributed by atoms with Crippen molar-refractivity contribution >= 4 is 22.8 Å². The lowest BCUT2D eigenvalue weighted by Crippen LogP contribution is -2.38. The topological polar surface area (TPSA) is 41.9 Å². The highest BCUT2D eigenvalue weighted by molar-refractivity contribution is 8.13. The van der Waals surface area contributed by atoms with Crippen LogP contribution in [0.15, 0.2) is 83.9 Å². The number of hydrogen-bond donors (Lipinski definition) is 0. The quantitative estimate of drug-likeness (QED) is 0.617. The summed E-state index contributed by atoms with van der Waals surface area (Å²) in [5, 5.41) is 0.806. The van der Waals surface area contributed by atoms with Gasteiger partial charge in [0.2, 0.25) is 5.91 Å². The molecule has 5 heteroatoms. The summed E-state index contributed by atoms with van der Waals surface area (Å²) in [5.74, 6) is 1.98. The number of benzene rings is 3. The van der Waals surface area contributed by atoms with Crippen molar-refractivity contribution in [1.82, 2.24) is 4.90 Å². The Bertz CT molecular complexity index is 1040. The number of amides is 1. The summed E-state index contributed by atoms with van der Waals surface area (Å²) in [5.41, 5.74) is 3.05. The number of amidine groups is 1. The molecule has 0 N–H and O–H groups in total. The predicted octanol–water partition coefficient (Wildman–Crippen LogP) is 5.06. The number of para-hydroxylation sites is 2. The standard InChI is InChI=1S/C24H20N2O2S/c27-23(26-15-14-25-24(26)29-16-17-8-2-1-3-9-17)22-18-10-4-6-12-20(18)28-21-13-7-5-11-19(21)22/h1-13,22H,14-16H2. The molecule has 1 amide bonds. The zero-order valence-corrected chi connectivity index (χ0v) is 16.6. The molecule has 0 atom stereocenters. The van der Waals surface area contributed by atoms with Crippen molar-refractivity contribution in [3.05, 3.63) is 95.6 Å². The molecule has 144 valence electrons. The molecule has 0 fully saturated rings. The Kier molecular flexibility index (Phi) is 4.82. The van der Waals surface area contributed by atoms with Crippen molar-refractivity contribution in [2.75, 3.05) is 13.1 Å². The van der Waals surface area contributed by atoms with Gasteiger partial charge in [-0.1, -0.05) is 78.5 Å². The number of nitrogens with zero attached hydrogens (tertiary/aromatic N) is 2. The molecule has 0 aromatic heterocycles. The summed E-state index contributed by atoms with van der Waals surface area (Å²) in [4.78, 5) is 20.2. The van der Waals surface area contributed by atoms with Crippen molar-refractivity contribution < 1.29 is 9.53 Å². The van der Waals surface area contributed by atoms with Crippen LogP contribution in [0.4, 0.5) is 0 Å². The van der Waals surface area contributed by atoms with Crippen LogP contribution >= 0.6 is 11.8 Å². The molecule has 0 spiro atoms. The molecule has 0 aliphatic carbocycles. The summed E-state index contributed by atoms with van der Waals surface area (Å²) in [6.45, 7) is 1.27. The maximum Gasteiger partial charge on any atom is 0.240 e. The van der Waals surface area contributed by atoms with Crippen LogP contribution in [-0.4, -0.2) is 29.1 Å². The van der Waals surface area contributed by atoms with E-state index in [4.69, 9.17) is 4.74 Å². The molecule has 0 saturated carbocycles. The molecular formula is C24H20N2O2S. The highest BCUT2D eigenvalue weighted by atomic mass is 32.2. The van der Waals surface area contributed by atoms with Gasteiger partial charge >= 0.3 is 0 Å². The van der Waals surface area contributed by atoms with Crippen molar-refractivity contribution in [2.24, 2.45) is 4.99 Å². The molecule has 3 aromatic rings. The van der Waals surface area contributed by atoms with E-state index in [1.807, 2.05) is 71.6 Å². The number of thioether (sulfide) groups is 1. The lowest BCUT2D eigenvalue weighted by molar-refractivity contribution is -0.127. The molecule has 0 saturated heterocycles. The van der Waals surface area contributed by atoms with Crippen LogP contribution in [0.1, 0.15) is 22.6 Å². The minimum Gasteiger partial charge on any atom is -0.457 e. The number of rotatable bonds is 3. The van der Waals surface area contributed by atoms with Crippen LogP contribution in [0.25, 0.3) is 0 Å². The fourth-order valence-corrected chi connectivity index (χ4v) is 4.82. The van der Waals surface area contributed by atoms with Crippen LogP contribution in [0, 0.1) is 0 Å². The van der Waals surface area contributed by atoms with E-state index < -0.39 is 0 Å². The first kappa shape index (κ1) is 18.0. The molecule has 0 unspecified atom stereocenters. The zero-order chi connectivity index (χ0) is 19.6. The molecule has 0 radical (unpaired) electrons. The third-order valence-corrected chi connectivity index (χ3v) is 6.29. The second-order valence-electron chi connectivity index (χ2n) is 7.04. The van der Waals surface area contributed by atoms with E-state index in [0.29, 0.717) is 13.1 Å². The Morgan fingerprint density at radius 3 is 2.24 bits per heavy atom. The van der Waals surface area contributed by atoms with E-state index in [1.165, 1.54) is 5.56 Å². The minimum absolute atomic E-state index is 0.0602. The van der Waals surface area contributed by atoms with Crippen LogP contribution in [-0.2, 0) is 10.5 Å². The molecule has 5 rings (SSSR count). The van der Waals surface area contributed by atoms with Gasteiger partial charge in [-0.05, 0) is 17.7 Å². The normalized spacial score (nSPS) is 15.3. The number of fused-ring (bicyclic) bond motifs is 2. The van der Waals surface area contributed by atoms with Gasteiger partial charge in [-0.25, -0.2) is 0 Å². The Morgan fingerprint density at radius 2 is 1.55 bits per heavy atom. The van der Waals surface area contributed by atoms with Crippen LogP contribution in [0.2, 0.25) is 0 Å². The summed E-state index contributed by atoms with van der Waals surface area (Å²) in [7, 11) is 0. The van der Waals surface area contributed by atoms with Crippen molar-refractivity contribution in [2.45, 2.75) is 11.7 Å². The van der Waals surface area contributed by atoms with Crippen molar-refractivity contribution in [3.8, 4) is 11.5 Å². The maximum atomic E-state index is 13.7. The van der Waals surface area contributed by atoms with E-state index >= 15 is 0 Å². The number of carbonyl (C=O) groups excluding carboxylic acids is 1. The van der Waals surface area contributed by atoms with Gasteiger partial charge in [0.05, 0.1) is 12.5 Å². The first-order valence-electron chi connectivity index (χ1n) is 9.69. The summed E-state index contributed by atoms with van der Waals surface area (Å²) < 4.78 is 6.05.